The highest BCUT2D eigenvalue weighted by Gasteiger charge is 2.12. The fourth-order valence-corrected chi connectivity index (χ4v) is 3.88. The molecule has 0 spiro atoms. The molecule has 2 aromatic rings. The van der Waals surface area contributed by atoms with Crippen molar-refractivity contribution in [2.75, 3.05) is 6.54 Å². The van der Waals surface area contributed by atoms with E-state index in [4.69, 9.17) is 0 Å². The van der Waals surface area contributed by atoms with Crippen LogP contribution >= 0.6 is 22.7 Å². The molecule has 2 heterocycles. The van der Waals surface area contributed by atoms with E-state index in [2.05, 4.69) is 36.3 Å². The number of fused-ring (bicyclic) bond motifs is 1. The summed E-state index contributed by atoms with van der Waals surface area (Å²) in [4.78, 5) is 1.43. The lowest BCUT2D eigenvalue weighted by Crippen LogP contribution is -2.19. The van der Waals surface area contributed by atoms with E-state index in [0.29, 0.717) is 6.04 Å². The molecular weight excluding hydrogens is 222 g/mol. The van der Waals surface area contributed by atoms with Crippen LogP contribution in [-0.4, -0.2) is 6.54 Å². The first-order valence-corrected chi connectivity index (χ1v) is 6.86. The molecule has 0 aliphatic rings. The van der Waals surface area contributed by atoms with Crippen molar-refractivity contribution in [2.45, 2.75) is 19.4 Å². The third-order valence-corrected chi connectivity index (χ3v) is 4.56. The Morgan fingerprint density at radius 2 is 2.40 bits per heavy atom. The molecule has 0 saturated carbocycles. The largest absolute Gasteiger partial charge is 0.309 e. The molecule has 2 aromatic heterocycles. The van der Waals surface area contributed by atoms with E-state index < -0.39 is 0 Å². The molecule has 2 rings (SSSR count). The first-order valence-electron chi connectivity index (χ1n) is 5.16. The molecule has 1 N–H and O–H groups in total. The molecule has 0 saturated heterocycles. The van der Waals surface area contributed by atoms with Crippen LogP contribution in [0.25, 0.3) is 9.40 Å². The van der Waals surface area contributed by atoms with Gasteiger partial charge >= 0.3 is 0 Å². The van der Waals surface area contributed by atoms with Crippen molar-refractivity contribution in [1.29, 1.82) is 0 Å². The van der Waals surface area contributed by atoms with Crippen LogP contribution in [0.4, 0.5) is 0 Å². The second-order valence-corrected chi connectivity index (χ2v) is 5.50. The Balaban J connectivity index is 2.26. The molecule has 0 radical (unpaired) electrons. The molecule has 15 heavy (non-hydrogen) atoms. The quantitative estimate of drug-likeness (QED) is 0.769. The SMILES string of the molecule is C=CCC(NCC)c1cc2sccc2s1. The van der Waals surface area contributed by atoms with Gasteiger partial charge in [0.15, 0.2) is 0 Å². The van der Waals surface area contributed by atoms with Gasteiger partial charge in [0.05, 0.1) is 0 Å². The minimum absolute atomic E-state index is 0.442. The number of hydrogen-bond donors (Lipinski definition) is 1. The van der Waals surface area contributed by atoms with Crippen LogP contribution in [0.3, 0.4) is 0 Å². The van der Waals surface area contributed by atoms with Gasteiger partial charge in [0.1, 0.15) is 0 Å². The standard InChI is InChI=1S/C12H15NS2/c1-3-5-9(13-4-2)11-8-12-10(15-11)6-7-14-12/h3,6-9,13H,1,4-5H2,2H3. The van der Waals surface area contributed by atoms with Crippen LogP contribution in [0.15, 0.2) is 30.2 Å². The number of nitrogens with one attached hydrogen (secondary N) is 1. The summed E-state index contributed by atoms with van der Waals surface area (Å²) < 4.78 is 2.81. The normalized spacial score (nSPS) is 13.1. The minimum Gasteiger partial charge on any atom is -0.309 e. The van der Waals surface area contributed by atoms with Crippen molar-refractivity contribution < 1.29 is 0 Å². The Kier molecular flexibility index (Phi) is 3.57. The van der Waals surface area contributed by atoms with Crippen LogP contribution in [-0.2, 0) is 0 Å². The maximum absolute atomic E-state index is 3.82. The van der Waals surface area contributed by atoms with E-state index in [9.17, 15) is 0 Å². The van der Waals surface area contributed by atoms with Crippen molar-refractivity contribution in [3.8, 4) is 0 Å². The van der Waals surface area contributed by atoms with Gasteiger partial charge in [0.2, 0.25) is 0 Å². The first kappa shape index (κ1) is 10.9. The van der Waals surface area contributed by atoms with Crippen molar-refractivity contribution in [3.05, 3.63) is 35.0 Å². The molecule has 0 amide bonds. The zero-order valence-electron chi connectivity index (χ0n) is 8.82. The van der Waals surface area contributed by atoms with Gasteiger partial charge in [-0.05, 0) is 30.5 Å². The Labute approximate surface area is 98.4 Å². The van der Waals surface area contributed by atoms with Gasteiger partial charge in [0.25, 0.3) is 0 Å². The summed E-state index contributed by atoms with van der Waals surface area (Å²) in [6, 6.07) is 4.95. The van der Waals surface area contributed by atoms with Gasteiger partial charge in [-0.25, -0.2) is 0 Å². The van der Waals surface area contributed by atoms with E-state index >= 15 is 0 Å². The molecule has 0 aliphatic heterocycles. The molecular formula is C12H15NS2. The first-order chi connectivity index (χ1) is 7.35. The smallest absolute Gasteiger partial charge is 0.0454 e. The van der Waals surface area contributed by atoms with Gasteiger partial charge in [-0.2, -0.15) is 0 Å². The Morgan fingerprint density at radius 1 is 1.53 bits per heavy atom. The molecule has 0 aliphatic carbocycles. The maximum Gasteiger partial charge on any atom is 0.0454 e. The fourth-order valence-electron chi connectivity index (χ4n) is 1.67. The predicted octanol–water partition coefficient (Wildman–Crippen LogP) is 4.19. The third kappa shape index (κ3) is 2.30. The number of thiophene rings is 2. The second kappa shape index (κ2) is 4.92. The zero-order chi connectivity index (χ0) is 10.7. The number of rotatable bonds is 5. The lowest BCUT2D eigenvalue weighted by molar-refractivity contribution is 0.568. The van der Waals surface area contributed by atoms with Crippen molar-refractivity contribution >= 4 is 32.1 Å². The van der Waals surface area contributed by atoms with Gasteiger partial charge in [-0.3, -0.25) is 0 Å². The highest BCUT2D eigenvalue weighted by atomic mass is 32.1. The lowest BCUT2D eigenvalue weighted by Gasteiger charge is -2.13. The fraction of sp³-hybridized carbons (Fsp3) is 0.333. The van der Waals surface area contributed by atoms with Gasteiger partial charge in [0, 0.05) is 20.3 Å². The van der Waals surface area contributed by atoms with Crippen LogP contribution in [0.2, 0.25) is 0 Å². The molecule has 0 aromatic carbocycles. The molecule has 1 nitrogen and oxygen atoms in total. The summed E-state index contributed by atoms with van der Waals surface area (Å²) in [5.41, 5.74) is 0. The van der Waals surface area contributed by atoms with Crippen molar-refractivity contribution in [1.82, 2.24) is 5.32 Å². The van der Waals surface area contributed by atoms with Crippen LogP contribution in [0.5, 0.6) is 0 Å². The summed E-state index contributed by atoms with van der Waals surface area (Å²) in [6.07, 6.45) is 2.99. The highest BCUT2D eigenvalue weighted by Crippen LogP contribution is 2.34. The maximum atomic E-state index is 3.82. The van der Waals surface area contributed by atoms with E-state index in [1.807, 2.05) is 28.7 Å². The van der Waals surface area contributed by atoms with Crippen LogP contribution < -0.4 is 5.32 Å². The molecule has 80 valence electrons. The zero-order valence-corrected chi connectivity index (χ0v) is 10.5. The Hall–Kier alpha value is -0.640. The van der Waals surface area contributed by atoms with E-state index in [0.717, 1.165) is 13.0 Å². The molecule has 0 fully saturated rings. The van der Waals surface area contributed by atoms with Crippen molar-refractivity contribution in [3.63, 3.8) is 0 Å². The van der Waals surface area contributed by atoms with E-state index in [1.165, 1.54) is 14.3 Å². The van der Waals surface area contributed by atoms with E-state index in [-0.39, 0.29) is 0 Å². The predicted molar refractivity (Wildman–Crippen MR) is 70.9 cm³/mol. The van der Waals surface area contributed by atoms with Crippen LogP contribution in [0.1, 0.15) is 24.3 Å². The molecule has 0 bridgehead atoms. The third-order valence-electron chi connectivity index (χ3n) is 2.35. The van der Waals surface area contributed by atoms with Gasteiger partial charge < -0.3 is 5.32 Å². The molecule has 1 unspecified atom stereocenters. The summed E-state index contributed by atoms with van der Waals surface area (Å²) in [6.45, 7) is 6.97. The van der Waals surface area contributed by atoms with Crippen LogP contribution in [0, 0.1) is 0 Å². The van der Waals surface area contributed by atoms with Gasteiger partial charge in [-0.15, -0.1) is 29.3 Å². The second-order valence-electron chi connectivity index (χ2n) is 3.43. The Morgan fingerprint density at radius 3 is 3.07 bits per heavy atom. The average Bonchev–Trinajstić information content (AvgIpc) is 2.76. The monoisotopic (exact) mass is 237 g/mol. The summed E-state index contributed by atoms with van der Waals surface area (Å²) in [5, 5.41) is 5.65. The Bertz CT molecular complexity index is 413. The summed E-state index contributed by atoms with van der Waals surface area (Å²) in [7, 11) is 0. The highest BCUT2D eigenvalue weighted by molar-refractivity contribution is 7.26. The summed E-state index contributed by atoms with van der Waals surface area (Å²) in [5.74, 6) is 0. The summed E-state index contributed by atoms with van der Waals surface area (Å²) >= 11 is 3.71. The topological polar surface area (TPSA) is 12.0 Å². The number of hydrogen-bond acceptors (Lipinski definition) is 3. The molecule has 1 atom stereocenters. The minimum atomic E-state index is 0.442. The van der Waals surface area contributed by atoms with Gasteiger partial charge in [-0.1, -0.05) is 13.0 Å². The lowest BCUT2D eigenvalue weighted by atomic mass is 10.1. The average molecular weight is 237 g/mol. The molecule has 3 heteroatoms. The van der Waals surface area contributed by atoms with Crippen molar-refractivity contribution in [2.24, 2.45) is 0 Å². The van der Waals surface area contributed by atoms with E-state index in [1.54, 1.807) is 0 Å².